The van der Waals surface area contributed by atoms with E-state index < -0.39 is 0 Å². The zero-order valence-electron chi connectivity index (χ0n) is 16.0. The molecule has 0 radical (unpaired) electrons. The number of rotatable bonds is 6. The summed E-state index contributed by atoms with van der Waals surface area (Å²) in [5, 5.41) is 3.06. The van der Waals surface area contributed by atoms with Crippen LogP contribution >= 0.6 is 0 Å². The van der Waals surface area contributed by atoms with Gasteiger partial charge in [-0.05, 0) is 66.8 Å². The fourth-order valence-corrected chi connectivity index (χ4v) is 3.62. The van der Waals surface area contributed by atoms with Crippen LogP contribution in [-0.4, -0.2) is 12.5 Å². The Kier molecular flexibility index (Phi) is 5.97. The number of benzene rings is 2. The van der Waals surface area contributed by atoms with Gasteiger partial charge in [0.2, 0.25) is 0 Å². The van der Waals surface area contributed by atoms with Crippen molar-refractivity contribution in [3.63, 3.8) is 0 Å². The van der Waals surface area contributed by atoms with Crippen LogP contribution in [-0.2, 0) is 17.6 Å². The van der Waals surface area contributed by atoms with Gasteiger partial charge >= 0.3 is 0 Å². The fourth-order valence-electron chi connectivity index (χ4n) is 3.62. The number of fused-ring (bicyclic) bond motifs is 1. The van der Waals surface area contributed by atoms with Crippen molar-refractivity contribution in [2.45, 2.75) is 58.4 Å². The van der Waals surface area contributed by atoms with Gasteiger partial charge in [-0.15, -0.1) is 0 Å². The van der Waals surface area contributed by atoms with E-state index >= 15 is 0 Å². The van der Waals surface area contributed by atoms with Crippen LogP contribution in [0.15, 0.2) is 42.5 Å². The SMILES string of the molecule is CC(C)c1ccccc1OCC(=O)N[C@H](C)c1ccc2c(c1)CCCC2. The van der Waals surface area contributed by atoms with Crippen LogP contribution in [0.4, 0.5) is 0 Å². The molecule has 0 aliphatic heterocycles. The fraction of sp³-hybridized carbons (Fsp3) is 0.435. The van der Waals surface area contributed by atoms with Crippen LogP contribution < -0.4 is 10.1 Å². The first-order chi connectivity index (χ1) is 12.5. The molecule has 0 heterocycles. The molecule has 0 aromatic heterocycles. The van der Waals surface area contributed by atoms with E-state index in [1.54, 1.807) is 0 Å². The number of hydrogen-bond acceptors (Lipinski definition) is 2. The molecule has 1 N–H and O–H groups in total. The van der Waals surface area contributed by atoms with Crippen LogP contribution in [0.5, 0.6) is 5.75 Å². The van der Waals surface area contributed by atoms with Crippen LogP contribution in [0, 0.1) is 0 Å². The Morgan fingerprint density at radius 2 is 1.77 bits per heavy atom. The van der Waals surface area contributed by atoms with E-state index in [0.717, 1.165) is 17.7 Å². The number of para-hydroxylation sites is 1. The summed E-state index contributed by atoms with van der Waals surface area (Å²) in [6.07, 6.45) is 4.88. The van der Waals surface area contributed by atoms with Crippen molar-refractivity contribution in [2.24, 2.45) is 0 Å². The van der Waals surface area contributed by atoms with Gasteiger partial charge in [0.05, 0.1) is 6.04 Å². The zero-order chi connectivity index (χ0) is 18.5. The lowest BCUT2D eigenvalue weighted by Gasteiger charge is -2.20. The quantitative estimate of drug-likeness (QED) is 0.800. The molecule has 0 fully saturated rings. The predicted octanol–water partition coefficient (Wildman–Crippen LogP) is 4.95. The van der Waals surface area contributed by atoms with Gasteiger partial charge in [0.15, 0.2) is 6.61 Å². The Morgan fingerprint density at radius 1 is 1.04 bits per heavy atom. The zero-order valence-corrected chi connectivity index (χ0v) is 16.0. The van der Waals surface area contributed by atoms with Crippen molar-refractivity contribution in [3.05, 3.63) is 64.7 Å². The lowest BCUT2D eigenvalue weighted by molar-refractivity contribution is -0.123. The molecule has 138 valence electrons. The summed E-state index contributed by atoms with van der Waals surface area (Å²) >= 11 is 0. The standard InChI is InChI=1S/C23H29NO2/c1-16(2)21-10-6-7-11-22(21)26-15-23(25)24-17(3)19-13-12-18-8-4-5-9-20(18)14-19/h6-7,10-14,16-17H,4-5,8-9,15H2,1-3H3,(H,24,25)/t17-/m1/s1. The second-order valence-corrected chi connectivity index (χ2v) is 7.51. The van der Waals surface area contributed by atoms with Gasteiger partial charge in [-0.2, -0.15) is 0 Å². The topological polar surface area (TPSA) is 38.3 Å². The molecule has 0 saturated heterocycles. The molecule has 1 aliphatic rings. The lowest BCUT2D eigenvalue weighted by atomic mass is 9.89. The minimum Gasteiger partial charge on any atom is -0.483 e. The van der Waals surface area contributed by atoms with Crippen molar-refractivity contribution < 1.29 is 9.53 Å². The first kappa shape index (κ1) is 18.5. The molecule has 1 amide bonds. The maximum atomic E-state index is 12.3. The highest BCUT2D eigenvalue weighted by Crippen LogP contribution is 2.26. The van der Waals surface area contributed by atoms with Crippen molar-refractivity contribution in [1.29, 1.82) is 0 Å². The van der Waals surface area contributed by atoms with Gasteiger partial charge in [-0.25, -0.2) is 0 Å². The number of amides is 1. The van der Waals surface area contributed by atoms with Gasteiger partial charge in [0, 0.05) is 0 Å². The summed E-state index contributed by atoms with van der Waals surface area (Å²) < 4.78 is 5.78. The summed E-state index contributed by atoms with van der Waals surface area (Å²) in [6.45, 7) is 6.32. The molecule has 3 nitrogen and oxygen atoms in total. The molecule has 1 aliphatic carbocycles. The van der Waals surface area contributed by atoms with Gasteiger partial charge in [-0.1, -0.05) is 50.2 Å². The highest BCUT2D eigenvalue weighted by Gasteiger charge is 2.15. The molecule has 0 spiro atoms. The second kappa shape index (κ2) is 8.39. The number of carbonyl (C=O) groups excluding carboxylic acids is 1. The van der Waals surface area contributed by atoms with E-state index in [2.05, 4.69) is 37.4 Å². The van der Waals surface area contributed by atoms with Gasteiger partial charge in [0.1, 0.15) is 5.75 Å². The van der Waals surface area contributed by atoms with Crippen molar-refractivity contribution in [1.82, 2.24) is 5.32 Å². The van der Waals surface area contributed by atoms with Crippen LogP contribution in [0.1, 0.15) is 67.8 Å². The van der Waals surface area contributed by atoms with E-state index in [-0.39, 0.29) is 18.6 Å². The number of carbonyl (C=O) groups is 1. The molecule has 0 bridgehead atoms. The number of aryl methyl sites for hydroxylation is 2. The largest absolute Gasteiger partial charge is 0.483 e. The third-order valence-corrected chi connectivity index (χ3v) is 5.15. The molecule has 2 aromatic carbocycles. The summed E-state index contributed by atoms with van der Waals surface area (Å²) in [4.78, 5) is 12.3. The molecular formula is C23H29NO2. The molecule has 3 heteroatoms. The third-order valence-electron chi connectivity index (χ3n) is 5.15. The Labute approximate surface area is 156 Å². The number of hydrogen-bond donors (Lipinski definition) is 1. The van der Waals surface area contributed by atoms with Gasteiger partial charge in [0.25, 0.3) is 5.91 Å². The normalized spacial score (nSPS) is 14.6. The third kappa shape index (κ3) is 4.46. The van der Waals surface area contributed by atoms with Gasteiger partial charge < -0.3 is 10.1 Å². The van der Waals surface area contributed by atoms with Gasteiger partial charge in [-0.3, -0.25) is 4.79 Å². The van der Waals surface area contributed by atoms with E-state index in [1.807, 2.05) is 31.2 Å². The summed E-state index contributed by atoms with van der Waals surface area (Å²) in [7, 11) is 0. The van der Waals surface area contributed by atoms with E-state index in [9.17, 15) is 4.79 Å². The minimum absolute atomic E-state index is 0.0151. The molecular weight excluding hydrogens is 322 g/mol. The molecule has 1 atom stereocenters. The molecule has 26 heavy (non-hydrogen) atoms. The first-order valence-electron chi connectivity index (χ1n) is 9.67. The number of ether oxygens (including phenoxy) is 1. The highest BCUT2D eigenvalue weighted by molar-refractivity contribution is 5.78. The average molecular weight is 351 g/mol. The molecule has 0 saturated carbocycles. The van der Waals surface area contributed by atoms with Crippen LogP contribution in [0.25, 0.3) is 0 Å². The van der Waals surface area contributed by atoms with Crippen LogP contribution in [0.2, 0.25) is 0 Å². The Hall–Kier alpha value is -2.29. The molecule has 3 rings (SSSR count). The molecule has 2 aromatic rings. The second-order valence-electron chi connectivity index (χ2n) is 7.51. The summed E-state index contributed by atoms with van der Waals surface area (Å²) in [5.41, 5.74) is 5.20. The minimum atomic E-state index is -0.0891. The van der Waals surface area contributed by atoms with E-state index in [1.165, 1.54) is 36.0 Å². The van der Waals surface area contributed by atoms with Crippen molar-refractivity contribution in [3.8, 4) is 5.75 Å². The predicted molar refractivity (Wildman–Crippen MR) is 106 cm³/mol. The van der Waals surface area contributed by atoms with E-state index in [4.69, 9.17) is 4.74 Å². The first-order valence-corrected chi connectivity index (χ1v) is 9.67. The Balaban J connectivity index is 1.58. The summed E-state index contributed by atoms with van der Waals surface area (Å²) in [6, 6.07) is 14.5. The Morgan fingerprint density at radius 3 is 2.54 bits per heavy atom. The smallest absolute Gasteiger partial charge is 0.258 e. The maximum Gasteiger partial charge on any atom is 0.258 e. The van der Waals surface area contributed by atoms with Crippen molar-refractivity contribution >= 4 is 5.91 Å². The number of nitrogens with one attached hydrogen (secondary N) is 1. The Bertz CT molecular complexity index is 767. The van der Waals surface area contributed by atoms with Crippen LogP contribution in [0.3, 0.4) is 0 Å². The van der Waals surface area contributed by atoms with Crippen molar-refractivity contribution in [2.75, 3.05) is 6.61 Å². The average Bonchev–Trinajstić information content (AvgIpc) is 2.66. The highest BCUT2D eigenvalue weighted by atomic mass is 16.5. The lowest BCUT2D eigenvalue weighted by Crippen LogP contribution is -2.31. The van der Waals surface area contributed by atoms with E-state index in [0.29, 0.717) is 5.92 Å². The molecule has 0 unspecified atom stereocenters. The summed E-state index contributed by atoms with van der Waals surface area (Å²) in [5.74, 6) is 1.07. The monoisotopic (exact) mass is 351 g/mol. The maximum absolute atomic E-state index is 12.3.